The SMILES string of the molecule is CCOc1ccc(/C(O)=C2\C(=O)C(=O)N(c3nc4ccc(CC)cc4s3)[C@@H]2c2ccc([N+](=O)[O-])cc2)cc1. The van der Waals surface area contributed by atoms with Gasteiger partial charge in [0.1, 0.15) is 11.5 Å². The van der Waals surface area contributed by atoms with E-state index < -0.39 is 22.7 Å². The number of ketones is 1. The Morgan fingerprint density at radius 2 is 1.79 bits per heavy atom. The van der Waals surface area contributed by atoms with E-state index in [0.29, 0.717) is 34.1 Å². The number of aliphatic hydroxyl groups excluding tert-OH is 1. The highest BCUT2D eigenvalue weighted by Crippen LogP contribution is 2.44. The Kier molecular flexibility index (Phi) is 6.64. The molecule has 1 aromatic heterocycles. The summed E-state index contributed by atoms with van der Waals surface area (Å²) in [6.45, 7) is 4.36. The number of anilines is 1. The Balaban J connectivity index is 1.67. The van der Waals surface area contributed by atoms with Crippen LogP contribution in [-0.4, -0.2) is 33.3 Å². The minimum absolute atomic E-state index is 0.124. The fraction of sp³-hybridized carbons (Fsp3) is 0.179. The molecule has 1 aliphatic heterocycles. The van der Waals surface area contributed by atoms with Crippen molar-refractivity contribution < 1.29 is 24.4 Å². The normalized spacial score (nSPS) is 16.8. The first-order valence-corrected chi connectivity index (χ1v) is 12.8. The van der Waals surface area contributed by atoms with Crippen LogP contribution in [0.15, 0.2) is 72.3 Å². The predicted molar refractivity (Wildman–Crippen MR) is 144 cm³/mol. The van der Waals surface area contributed by atoms with Crippen LogP contribution in [0.1, 0.15) is 36.6 Å². The summed E-state index contributed by atoms with van der Waals surface area (Å²) in [7, 11) is 0. The Hall–Kier alpha value is -4.57. The molecule has 1 aliphatic rings. The van der Waals surface area contributed by atoms with E-state index in [1.165, 1.54) is 40.5 Å². The molecule has 0 unspecified atom stereocenters. The van der Waals surface area contributed by atoms with E-state index in [-0.39, 0.29) is 17.0 Å². The molecule has 0 spiro atoms. The third kappa shape index (κ3) is 4.39. The Morgan fingerprint density at radius 3 is 2.42 bits per heavy atom. The lowest BCUT2D eigenvalue weighted by Gasteiger charge is -2.22. The number of hydrogen-bond donors (Lipinski definition) is 1. The van der Waals surface area contributed by atoms with Crippen molar-refractivity contribution in [1.82, 2.24) is 4.98 Å². The van der Waals surface area contributed by atoms with Gasteiger partial charge in [-0.15, -0.1) is 0 Å². The number of carbonyl (C=O) groups excluding carboxylic acids is 2. The average molecular weight is 530 g/mol. The number of thiazole rings is 1. The summed E-state index contributed by atoms with van der Waals surface area (Å²) in [5.74, 6) is -1.46. The Bertz CT molecular complexity index is 1590. The number of aliphatic hydroxyl groups is 1. The number of nitrogens with zero attached hydrogens (tertiary/aromatic N) is 3. The Morgan fingerprint density at radius 1 is 1.08 bits per heavy atom. The van der Waals surface area contributed by atoms with Crippen molar-refractivity contribution in [3.8, 4) is 5.75 Å². The molecule has 2 heterocycles. The van der Waals surface area contributed by atoms with E-state index in [1.54, 1.807) is 24.3 Å². The summed E-state index contributed by atoms with van der Waals surface area (Å²) < 4.78 is 6.31. The molecule has 3 aromatic carbocycles. The minimum Gasteiger partial charge on any atom is -0.507 e. The molecule has 5 rings (SSSR count). The number of ether oxygens (including phenoxy) is 1. The first kappa shape index (κ1) is 25.1. The number of benzene rings is 3. The second-order valence-electron chi connectivity index (χ2n) is 8.63. The van der Waals surface area contributed by atoms with Crippen LogP contribution in [0, 0.1) is 10.1 Å². The third-order valence-electron chi connectivity index (χ3n) is 6.36. The molecule has 10 heteroatoms. The number of carbonyl (C=O) groups is 2. The molecule has 38 heavy (non-hydrogen) atoms. The van der Waals surface area contributed by atoms with Crippen LogP contribution >= 0.6 is 11.3 Å². The lowest BCUT2D eigenvalue weighted by atomic mass is 9.95. The van der Waals surface area contributed by atoms with Gasteiger partial charge in [-0.1, -0.05) is 24.3 Å². The highest BCUT2D eigenvalue weighted by molar-refractivity contribution is 7.22. The van der Waals surface area contributed by atoms with Crippen molar-refractivity contribution >= 4 is 49.8 Å². The van der Waals surface area contributed by atoms with E-state index in [4.69, 9.17) is 4.74 Å². The smallest absolute Gasteiger partial charge is 0.301 e. The lowest BCUT2D eigenvalue weighted by Crippen LogP contribution is -2.29. The number of non-ortho nitro benzene ring substituents is 1. The molecule has 1 atom stereocenters. The summed E-state index contributed by atoms with van der Waals surface area (Å²) in [4.78, 5) is 43.4. The van der Waals surface area contributed by atoms with E-state index in [2.05, 4.69) is 4.98 Å². The number of hydrogen-bond acceptors (Lipinski definition) is 8. The average Bonchev–Trinajstić information content (AvgIpc) is 3.46. The molecule has 0 aliphatic carbocycles. The monoisotopic (exact) mass is 529 g/mol. The number of nitro benzene ring substituents is 1. The summed E-state index contributed by atoms with van der Waals surface area (Å²) in [6.07, 6.45) is 0.832. The molecule has 1 N–H and O–H groups in total. The minimum atomic E-state index is -1.03. The van der Waals surface area contributed by atoms with E-state index >= 15 is 0 Å². The topological polar surface area (TPSA) is 123 Å². The maximum Gasteiger partial charge on any atom is 0.301 e. The van der Waals surface area contributed by atoms with Gasteiger partial charge in [0, 0.05) is 17.7 Å². The fourth-order valence-corrected chi connectivity index (χ4v) is 5.49. The first-order chi connectivity index (χ1) is 18.3. The molecule has 1 saturated heterocycles. The standard InChI is InChI=1S/C28H23N3O6S/c1-3-16-5-14-21-22(15-16)38-28(29-21)30-24(17-6-10-19(11-7-17)31(35)36)23(26(33)27(30)34)25(32)18-8-12-20(13-9-18)37-4-2/h5-15,24,32H,3-4H2,1-2H3/b25-23+/t24-/m1/s1. The number of fused-ring (bicyclic) bond motifs is 1. The maximum absolute atomic E-state index is 13.4. The Labute approximate surface area is 221 Å². The van der Waals surface area contributed by atoms with Gasteiger partial charge in [0.15, 0.2) is 5.13 Å². The van der Waals surface area contributed by atoms with Crippen LogP contribution in [0.4, 0.5) is 10.8 Å². The van der Waals surface area contributed by atoms with Gasteiger partial charge in [-0.05, 0) is 73.0 Å². The van der Waals surface area contributed by atoms with Crippen LogP contribution in [0.25, 0.3) is 16.0 Å². The van der Waals surface area contributed by atoms with Crippen molar-refractivity contribution in [2.75, 3.05) is 11.5 Å². The summed E-state index contributed by atoms with van der Waals surface area (Å²) in [6, 6.07) is 16.9. The second kappa shape index (κ2) is 10.1. The van der Waals surface area contributed by atoms with Crippen LogP contribution in [0.3, 0.4) is 0 Å². The number of aromatic nitrogens is 1. The van der Waals surface area contributed by atoms with Gasteiger partial charge in [-0.3, -0.25) is 24.6 Å². The van der Waals surface area contributed by atoms with Crippen molar-refractivity contribution in [2.45, 2.75) is 26.3 Å². The van der Waals surface area contributed by atoms with Crippen LogP contribution < -0.4 is 9.64 Å². The van der Waals surface area contributed by atoms with E-state index in [0.717, 1.165) is 16.7 Å². The van der Waals surface area contributed by atoms with Gasteiger partial charge in [0.25, 0.3) is 11.5 Å². The van der Waals surface area contributed by atoms with Gasteiger partial charge in [0.05, 0.1) is 33.4 Å². The zero-order valence-corrected chi connectivity index (χ0v) is 21.4. The quantitative estimate of drug-likeness (QED) is 0.106. The van der Waals surface area contributed by atoms with Crippen molar-refractivity contribution in [2.24, 2.45) is 0 Å². The molecule has 1 amide bonds. The highest BCUT2D eigenvalue weighted by Gasteiger charge is 2.48. The number of Topliss-reactive ketones (excluding diaryl/α,β-unsaturated/α-hetero) is 1. The van der Waals surface area contributed by atoms with Crippen LogP contribution in [-0.2, 0) is 16.0 Å². The van der Waals surface area contributed by atoms with Crippen molar-refractivity contribution in [3.05, 3.63) is 99.1 Å². The molecular weight excluding hydrogens is 506 g/mol. The van der Waals surface area contributed by atoms with Gasteiger partial charge < -0.3 is 9.84 Å². The fourth-order valence-electron chi connectivity index (χ4n) is 4.43. The lowest BCUT2D eigenvalue weighted by molar-refractivity contribution is -0.384. The van der Waals surface area contributed by atoms with Gasteiger partial charge >= 0.3 is 5.91 Å². The summed E-state index contributed by atoms with van der Waals surface area (Å²) >= 11 is 1.27. The third-order valence-corrected chi connectivity index (χ3v) is 7.38. The summed E-state index contributed by atoms with van der Waals surface area (Å²) in [5.41, 5.74) is 2.28. The van der Waals surface area contributed by atoms with E-state index in [9.17, 15) is 24.8 Å². The molecule has 0 saturated carbocycles. The van der Waals surface area contributed by atoms with Crippen molar-refractivity contribution in [1.29, 1.82) is 0 Å². The number of rotatable bonds is 7. The maximum atomic E-state index is 13.4. The molecule has 192 valence electrons. The predicted octanol–water partition coefficient (Wildman–Crippen LogP) is 5.79. The zero-order chi connectivity index (χ0) is 27.0. The largest absolute Gasteiger partial charge is 0.507 e. The van der Waals surface area contributed by atoms with E-state index in [1.807, 2.05) is 32.0 Å². The molecule has 4 aromatic rings. The van der Waals surface area contributed by atoms with Gasteiger partial charge in [-0.2, -0.15) is 0 Å². The first-order valence-electron chi connectivity index (χ1n) is 12.0. The molecule has 9 nitrogen and oxygen atoms in total. The van der Waals surface area contributed by atoms with Gasteiger partial charge in [-0.25, -0.2) is 4.98 Å². The number of aryl methyl sites for hydroxylation is 1. The van der Waals surface area contributed by atoms with Crippen molar-refractivity contribution in [3.63, 3.8) is 0 Å². The molecule has 1 fully saturated rings. The number of amides is 1. The second-order valence-corrected chi connectivity index (χ2v) is 9.64. The molecule has 0 radical (unpaired) electrons. The van der Waals surface area contributed by atoms with Gasteiger partial charge in [0.2, 0.25) is 0 Å². The molecule has 0 bridgehead atoms. The number of nitro groups is 1. The van der Waals surface area contributed by atoms with Crippen LogP contribution in [0.2, 0.25) is 0 Å². The zero-order valence-electron chi connectivity index (χ0n) is 20.6. The highest BCUT2D eigenvalue weighted by atomic mass is 32.1. The summed E-state index contributed by atoms with van der Waals surface area (Å²) in [5, 5.41) is 22.8. The molecular formula is C28H23N3O6S. The van der Waals surface area contributed by atoms with Crippen LogP contribution in [0.5, 0.6) is 5.75 Å².